The Morgan fingerprint density at radius 1 is 1.23 bits per heavy atom. The predicted octanol–water partition coefficient (Wildman–Crippen LogP) is 3.82. The summed E-state index contributed by atoms with van der Waals surface area (Å²) < 4.78 is 0. The molecule has 0 unspecified atom stereocenters. The number of allylic oxidation sites excluding steroid dienone is 1. The smallest absolute Gasteiger partial charge is 0.0440 e. The predicted molar refractivity (Wildman–Crippen MR) is 54.3 cm³/mol. The van der Waals surface area contributed by atoms with Crippen molar-refractivity contribution in [2.45, 2.75) is 38.5 Å². The maximum atomic E-state index is 8.04. The van der Waals surface area contributed by atoms with Crippen molar-refractivity contribution in [3.05, 3.63) is 22.6 Å². The Kier molecular flexibility index (Phi) is 5.11. The van der Waals surface area contributed by atoms with E-state index in [0.29, 0.717) is 6.54 Å². The molecule has 1 saturated carbocycles. The van der Waals surface area contributed by atoms with Crippen LogP contribution in [0.3, 0.4) is 0 Å². The van der Waals surface area contributed by atoms with Crippen LogP contribution in [0.1, 0.15) is 38.5 Å². The van der Waals surface area contributed by atoms with Crippen LogP contribution in [0.25, 0.3) is 10.4 Å². The van der Waals surface area contributed by atoms with Gasteiger partial charge in [-0.25, -0.2) is 0 Å². The summed E-state index contributed by atoms with van der Waals surface area (Å²) >= 11 is 0. The van der Waals surface area contributed by atoms with Gasteiger partial charge >= 0.3 is 0 Å². The summed E-state index contributed by atoms with van der Waals surface area (Å²) in [5, 5.41) is 3.45. The number of nitrogens with zero attached hydrogens (tertiary/aromatic N) is 3. The molecule has 0 aromatic heterocycles. The van der Waals surface area contributed by atoms with Crippen LogP contribution in [0.2, 0.25) is 0 Å². The van der Waals surface area contributed by atoms with Crippen molar-refractivity contribution in [3.63, 3.8) is 0 Å². The van der Waals surface area contributed by atoms with Gasteiger partial charge in [-0.3, -0.25) is 0 Å². The number of rotatable bonds is 4. The van der Waals surface area contributed by atoms with Crippen molar-refractivity contribution in [1.29, 1.82) is 0 Å². The van der Waals surface area contributed by atoms with Gasteiger partial charge in [-0.05, 0) is 17.9 Å². The molecule has 0 saturated heterocycles. The fourth-order valence-corrected chi connectivity index (χ4v) is 1.87. The van der Waals surface area contributed by atoms with Crippen molar-refractivity contribution < 1.29 is 0 Å². The highest BCUT2D eigenvalue weighted by Crippen LogP contribution is 2.26. The molecule has 13 heavy (non-hydrogen) atoms. The van der Waals surface area contributed by atoms with Crippen molar-refractivity contribution in [3.8, 4) is 0 Å². The van der Waals surface area contributed by atoms with Crippen LogP contribution in [0.5, 0.6) is 0 Å². The molecule has 0 atom stereocenters. The molecule has 1 rings (SSSR count). The lowest BCUT2D eigenvalue weighted by atomic mass is 9.87. The Bertz CT molecular complexity index is 198. The van der Waals surface area contributed by atoms with E-state index in [-0.39, 0.29) is 0 Å². The van der Waals surface area contributed by atoms with Crippen LogP contribution in [0.15, 0.2) is 17.3 Å². The summed E-state index contributed by atoms with van der Waals surface area (Å²) in [7, 11) is 0. The molecule has 3 nitrogen and oxygen atoms in total. The Balaban J connectivity index is 2.09. The van der Waals surface area contributed by atoms with Crippen LogP contribution in [-0.2, 0) is 0 Å². The summed E-state index contributed by atoms with van der Waals surface area (Å²) in [4.78, 5) is 2.69. The molecule has 0 radical (unpaired) electrons. The lowest BCUT2D eigenvalue weighted by molar-refractivity contribution is 0.361. The van der Waals surface area contributed by atoms with E-state index in [2.05, 4.69) is 16.1 Å². The van der Waals surface area contributed by atoms with E-state index in [9.17, 15) is 0 Å². The molecular formula is C10H17N3. The second-order valence-electron chi connectivity index (χ2n) is 3.62. The quantitative estimate of drug-likeness (QED) is 0.272. The third-order valence-electron chi connectivity index (χ3n) is 2.61. The standard InChI is InChI=1S/C10H17N3/c11-13-12-9-5-4-8-10-6-2-1-3-7-10/h4-5,10H,1-3,6-9H2/b5-4-. The van der Waals surface area contributed by atoms with E-state index in [1.54, 1.807) is 0 Å². The Morgan fingerprint density at radius 3 is 2.69 bits per heavy atom. The molecular weight excluding hydrogens is 162 g/mol. The molecule has 0 aromatic rings. The van der Waals surface area contributed by atoms with Gasteiger partial charge in [0.2, 0.25) is 0 Å². The average Bonchev–Trinajstić information content (AvgIpc) is 2.19. The first-order valence-electron chi connectivity index (χ1n) is 5.09. The molecule has 0 aromatic carbocycles. The zero-order valence-corrected chi connectivity index (χ0v) is 8.02. The molecule has 0 spiro atoms. The van der Waals surface area contributed by atoms with Crippen LogP contribution in [0.4, 0.5) is 0 Å². The van der Waals surface area contributed by atoms with Crippen LogP contribution < -0.4 is 0 Å². The second kappa shape index (κ2) is 6.55. The van der Waals surface area contributed by atoms with Gasteiger partial charge in [0.15, 0.2) is 0 Å². The molecule has 0 heterocycles. The van der Waals surface area contributed by atoms with Gasteiger partial charge in [-0.2, -0.15) is 0 Å². The van der Waals surface area contributed by atoms with Crippen LogP contribution in [-0.4, -0.2) is 6.54 Å². The van der Waals surface area contributed by atoms with Crippen molar-refractivity contribution in [2.24, 2.45) is 11.0 Å². The van der Waals surface area contributed by atoms with Crippen LogP contribution >= 0.6 is 0 Å². The molecule has 72 valence electrons. The first-order chi connectivity index (χ1) is 6.43. The fraction of sp³-hybridized carbons (Fsp3) is 0.800. The molecule has 0 bridgehead atoms. The van der Waals surface area contributed by atoms with Gasteiger partial charge in [-0.15, -0.1) is 0 Å². The number of azide groups is 1. The SMILES string of the molecule is [N-]=[N+]=NC/C=C\CC1CCCCC1. The zero-order valence-electron chi connectivity index (χ0n) is 8.02. The van der Waals surface area contributed by atoms with Gasteiger partial charge < -0.3 is 0 Å². The lowest BCUT2D eigenvalue weighted by Crippen LogP contribution is -2.04. The topological polar surface area (TPSA) is 48.8 Å². The molecule has 0 aliphatic heterocycles. The molecule has 1 aliphatic rings. The summed E-state index contributed by atoms with van der Waals surface area (Å²) in [5.74, 6) is 0.885. The summed E-state index contributed by atoms with van der Waals surface area (Å²) in [6.45, 7) is 0.503. The maximum Gasteiger partial charge on any atom is 0.0440 e. The molecule has 0 N–H and O–H groups in total. The molecule has 1 aliphatic carbocycles. The largest absolute Gasteiger partial charge is 0.0899 e. The fourth-order valence-electron chi connectivity index (χ4n) is 1.87. The maximum absolute atomic E-state index is 8.04. The minimum Gasteiger partial charge on any atom is -0.0899 e. The van der Waals surface area contributed by atoms with E-state index in [0.717, 1.165) is 5.92 Å². The monoisotopic (exact) mass is 179 g/mol. The lowest BCUT2D eigenvalue weighted by Gasteiger charge is -2.19. The van der Waals surface area contributed by atoms with E-state index in [1.165, 1.54) is 38.5 Å². The third kappa shape index (κ3) is 4.58. The van der Waals surface area contributed by atoms with E-state index in [1.807, 2.05) is 6.08 Å². The number of hydrogen-bond acceptors (Lipinski definition) is 1. The first kappa shape index (κ1) is 10.1. The van der Waals surface area contributed by atoms with Gasteiger partial charge in [0, 0.05) is 11.5 Å². The van der Waals surface area contributed by atoms with Crippen LogP contribution in [0, 0.1) is 5.92 Å². The minimum absolute atomic E-state index is 0.503. The highest BCUT2D eigenvalue weighted by Gasteiger charge is 2.10. The van der Waals surface area contributed by atoms with Gasteiger partial charge in [-0.1, -0.05) is 49.4 Å². The highest BCUT2D eigenvalue weighted by molar-refractivity contribution is 4.86. The summed E-state index contributed by atoms with van der Waals surface area (Å²) in [5.41, 5.74) is 8.04. The average molecular weight is 179 g/mol. The first-order valence-corrected chi connectivity index (χ1v) is 5.09. The number of hydrogen-bond donors (Lipinski definition) is 0. The van der Waals surface area contributed by atoms with E-state index in [4.69, 9.17) is 5.53 Å². The van der Waals surface area contributed by atoms with Crippen molar-refractivity contribution in [2.75, 3.05) is 6.54 Å². The highest BCUT2D eigenvalue weighted by atomic mass is 15.1. The summed E-state index contributed by atoms with van der Waals surface area (Å²) in [6, 6.07) is 0. The molecule has 1 fully saturated rings. The van der Waals surface area contributed by atoms with Crippen molar-refractivity contribution >= 4 is 0 Å². The van der Waals surface area contributed by atoms with Gasteiger partial charge in [0.05, 0.1) is 0 Å². The van der Waals surface area contributed by atoms with Crippen molar-refractivity contribution in [1.82, 2.24) is 0 Å². The van der Waals surface area contributed by atoms with Gasteiger partial charge in [0.25, 0.3) is 0 Å². The Hall–Kier alpha value is -0.950. The van der Waals surface area contributed by atoms with E-state index < -0.39 is 0 Å². The van der Waals surface area contributed by atoms with Gasteiger partial charge in [0.1, 0.15) is 0 Å². The van der Waals surface area contributed by atoms with E-state index >= 15 is 0 Å². The Morgan fingerprint density at radius 2 is 2.00 bits per heavy atom. The molecule has 0 amide bonds. The third-order valence-corrected chi connectivity index (χ3v) is 2.61. The second-order valence-corrected chi connectivity index (χ2v) is 3.62. The Labute approximate surface area is 79.5 Å². The normalized spacial score (nSPS) is 18.8. The summed E-state index contributed by atoms with van der Waals surface area (Å²) in [6.07, 6.45) is 12.3. The molecule has 3 heteroatoms. The minimum atomic E-state index is 0.503. The zero-order chi connectivity index (χ0) is 9.36.